The second-order valence-corrected chi connectivity index (χ2v) is 3.65. The number of Topliss-reactive ketones (excluding diaryl/α,β-unsaturated/α-hetero) is 1. The van der Waals surface area contributed by atoms with Gasteiger partial charge < -0.3 is 4.74 Å². The van der Waals surface area contributed by atoms with Crippen LogP contribution < -0.4 is 0 Å². The van der Waals surface area contributed by atoms with Crippen LogP contribution in [0, 0.1) is 12.8 Å². The van der Waals surface area contributed by atoms with Gasteiger partial charge >= 0.3 is 0 Å². The predicted octanol–water partition coefficient (Wildman–Crippen LogP) is 1.61. The van der Waals surface area contributed by atoms with Crippen LogP contribution in [0.1, 0.15) is 22.5 Å². The molecule has 0 aromatic carbocycles. The first-order valence-corrected chi connectivity index (χ1v) is 4.82. The largest absolute Gasteiger partial charge is 0.381 e. The van der Waals surface area contributed by atoms with Crippen molar-refractivity contribution in [2.75, 3.05) is 13.2 Å². The van der Waals surface area contributed by atoms with E-state index in [4.69, 9.17) is 4.74 Å². The minimum Gasteiger partial charge on any atom is -0.381 e. The summed E-state index contributed by atoms with van der Waals surface area (Å²) in [6.45, 7) is 3.20. The first-order valence-electron chi connectivity index (χ1n) is 4.82. The molecule has 0 N–H and O–H groups in total. The second kappa shape index (κ2) is 3.88. The van der Waals surface area contributed by atoms with Crippen LogP contribution in [-0.2, 0) is 4.74 Å². The van der Waals surface area contributed by atoms with Gasteiger partial charge in [0.2, 0.25) is 0 Å². The lowest BCUT2D eigenvalue weighted by molar-refractivity contribution is 0.0895. The van der Waals surface area contributed by atoms with E-state index in [-0.39, 0.29) is 11.7 Å². The summed E-state index contributed by atoms with van der Waals surface area (Å²) < 4.78 is 5.17. The normalized spacial score (nSPS) is 21.1. The maximum atomic E-state index is 11.8. The van der Waals surface area contributed by atoms with Gasteiger partial charge in [-0.15, -0.1) is 0 Å². The summed E-state index contributed by atoms with van der Waals surface area (Å²) in [4.78, 5) is 15.9. The quantitative estimate of drug-likeness (QED) is 0.667. The van der Waals surface area contributed by atoms with Crippen LogP contribution in [0.5, 0.6) is 0 Å². The number of ether oxygens (including phenoxy) is 1. The zero-order chi connectivity index (χ0) is 9.97. The van der Waals surface area contributed by atoms with Gasteiger partial charge in [0, 0.05) is 18.7 Å². The summed E-state index contributed by atoms with van der Waals surface area (Å²) in [5, 5.41) is 0. The molecule has 74 valence electrons. The number of aromatic nitrogens is 1. The van der Waals surface area contributed by atoms with Crippen LogP contribution in [0.25, 0.3) is 0 Å². The van der Waals surface area contributed by atoms with E-state index in [0.717, 1.165) is 12.0 Å². The fraction of sp³-hybridized carbons (Fsp3) is 0.455. The number of hydrogen-bond donors (Lipinski definition) is 0. The van der Waals surface area contributed by atoms with Gasteiger partial charge in [-0.05, 0) is 25.0 Å². The van der Waals surface area contributed by atoms with E-state index in [2.05, 4.69) is 4.98 Å². The minimum absolute atomic E-state index is 0.0187. The maximum Gasteiger partial charge on any atom is 0.186 e. The maximum absolute atomic E-state index is 11.8. The first kappa shape index (κ1) is 9.34. The average Bonchev–Trinajstić information content (AvgIpc) is 2.71. The summed E-state index contributed by atoms with van der Waals surface area (Å²) in [6, 6.07) is 3.70. The van der Waals surface area contributed by atoms with Crippen molar-refractivity contribution in [3.63, 3.8) is 0 Å². The summed E-state index contributed by atoms with van der Waals surface area (Å²) in [5.41, 5.74) is 1.63. The molecule has 2 heterocycles. The number of carbonyl (C=O) groups is 1. The van der Waals surface area contributed by atoms with E-state index in [9.17, 15) is 4.79 Å². The lowest BCUT2D eigenvalue weighted by Gasteiger charge is -2.05. The fourth-order valence-corrected chi connectivity index (χ4v) is 1.56. The highest BCUT2D eigenvalue weighted by molar-refractivity contribution is 5.96. The van der Waals surface area contributed by atoms with Crippen molar-refractivity contribution in [3.05, 3.63) is 29.6 Å². The SMILES string of the molecule is Cc1ccc(C(=O)C2CCOC2)nc1. The molecule has 0 aliphatic carbocycles. The molecule has 1 unspecified atom stereocenters. The molecule has 0 bridgehead atoms. The van der Waals surface area contributed by atoms with E-state index >= 15 is 0 Å². The van der Waals surface area contributed by atoms with Crippen LogP contribution in [0.3, 0.4) is 0 Å². The molecule has 2 rings (SSSR count). The Morgan fingerprint density at radius 2 is 2.43 bits per heavy atom. The van der Waals surface area contributed by atoms with Crippen molar-refractivity contribution < 1.29 is 9.53 Å². The van der Waals surface area contributed by atoms with Crippen molar-refractivity contribution in [2.24, 2.45) is 5.92 Å². The summed E-state index contributed by atoms with van der Waals surface area (Å²) in [7, 11) is 0. The number of nitrogens with zero attached hydrogens (tertiary/aromatic N) is 1. The first-order chi connectivity index (χ1) is 6.77. The Morgan fingerprint density at radius 1 is 1.57 bits per heavy atom. The lowest BCUT2D eigenvalue weighted by atomic mass is 10.0. The van der Waals surface area contributed by atoms with Gasteiger partial charge in [-0.1, -0.05) is 6.07 Å². The molecular weight excluding hydrogens is 178 g/mol. The zero-order valence-corrected chi connectivity index (χ0v) is 8.19. The molecule has 1 aliphatic heterocycles. The molecule has 0 amide bonds. The Morgan fingerprint density at radius 3 is 3.00 bits per heavy atom. The molecule has 1 aliphatic rings. The van der Waals surface area contributed by atoms with Gasteiger partial charge in [0.15, 0.2) is 5.78 Å². The Balaban J connectivity index is 2.14. The van der Waals surface area contributed by atoms with Gasteiger partial charge in [-0.2, -0.15) is 0 Å². The third kappa shape index (κ3) is 1.82. The number of pyridine rings is 1. The van der Waals surface area contributed by atoms with E-state index in [1.165, 1.54) is 0 Å². The van der Waals surface area contributed by atoms with Gasteiger partial charge in [0.1, 0.15) is 5.69 Å². The molecule has 1 aromatic heterocycles. The Hall–Kier alpha value is -1.22. The molecule has 1 aromatic rings. The van der Waals surface area contributed by atoms with E-state index in [1.807, 2.05) is 13.0 Å². The molecule has 1 saturated heterocycles. The highest BCUT2D eigenvalue weighted by Gasteiger charge is 2.25. The Bertz CT molecular complexity index is 326. The number of carbonyl (C=O) groups excluding carboxylic acids is 1. The van der Waals surface area contributed by atoms with Crippen molar-refractivity contribution in [1.82, 2.24) is 4.98 Å². The Labute approximate surface area is 83.1 Å². The van der Waals surface area contributed by atoms with Crippen molar-refractivity contribution in [1.29, 1.82) is 0 Å². The fourth-order valence-electron chi connectivity index (χ4n) is 1.56. The van der Waals surface area contributed by atoms with Gasteiger partial charge in [0.25, 0.3) is 0 Å². The predicted molar refractivity (Wildman–Crippen MR) is 52.2 cm³/mol. The Kier molecular flexibility index (Phi) is 2.59. The second-order valence-electron chi connectivity index (χ2n) is 3.65. The molecule has 3 heteroatoms. The monoisotopic (exact) mass is 191 g/mol. The van der Waals surface area contributed by atoms with Crippen molar-refractivity contribution >= 4 is 5.78 Å². The number of hydrogen-bond acceptors (Lipinski definition) is 3. The lowest BCUT2D eigenvalue weighted by Crippen LogP contribution is -2.15. The smallest absolute Gasteiger partial charge is 0.186 e. The molecule has 3 nitrogen and oxygen atoms in total. The molecule has 1 atom stereocenters. The molecule has 14 heavy (non-hydrogen) atoms. The van der Waals surface area contributed by atoms with Crippen LogP contribution >= 0.6 is 0 Å². The zero-order valence-electron chi connectivity index (χ0n) is 8.19. The number of aryl methyl sites for hydroxylation is 1. The van der Waals surface area contributed by atoms with Crippen LogP contribution in [0.4, 0.5) is 0 Å². The van der Waals surface area contributed by atoms with Crippen LogP contribution in [-0.4, -0.2) is 24.0 Å². The molecule has 1 fully saturated rings. The van der Waals surface area contributed by atoms with E-state index in [0.29, 0.717) is 18.9 Å². The summed E-state index contributed by atoms with van der Waals surface area (Å²) in [5.74, 6) is 0.132. The standard InChI is InChI=1S/C11H13NO2/c1-8-2-3-10(12-6-8)11(13)9-4-5-14-7-9/h2-3,6,9H,4-5,7H2,1H3. The van der Waals surface area contributed by atoms with Crippen molar-refractivity contribution in [2.45, 2.75) is 13.3 Å². The molecule has 0 saturated carbocycles. The minimum atomic E-state index is 0.0187. The number of ketones is 1. The van der Waals surface area contributed by atoms with Crippen LogP contribution in [0.2, 0.25) is 0 Å². The summed E-state index contributed by atoms with van der Waals surface area (Å²) in [6.07, 6.45) is 2.55. The van der Waals surface area contributed by atoms with Gasteiger partial charge in [0.05, 0.1) is 6.61 Å². The van der Waals surface area contributed by atoms with E-state index in [1.54, 1.807) is 12.3 Å². The molecular formula is C11H13NO2. The van der Waals surface area contributed by atoms with E-state index < -0.39 is 0 Å². The third-order valence-corrected chi connectivity index (χ3v) is 2.46. The number of rotatable bonds is 2. The van der Waals surface area contributed by atoms with Crippen molar-refractivity contribution in [3.8, 4) is 0 Å². The third-order valence-electron chi connectivity index (χ3n) is 2.46. The van der Waals surface area contributed by atoms with Crippen LogP contribution in [0.15, 0.2) is 18.3 Å². The summed E-state index contributed by atoms with van der Waals surface area (Å²) >= 11 is 0. The highest BCUT2D eigenvalue weighted by atomic mass is 16.5. The average molecular weight is 191 g/mol. The topological polar surface area (TPSA) is 39.2 Å². The molecule has 0 spiro atoms. The van der Waals surface area contributed by atoms with Gasteiger partial charge in [-0.25, -0.2) is 0 Å². The van der Waals surface area contributed by atoms with Gasteiger partial charge in [-0.3, -0.25) is 9.78 Å². The molecule has 0 radical (unpaired) electrons. The highest BCUT2D eigenvalue weighted by Crippen LogP contribution is 2.17.